The molecule has 1 amide bonds. The van der Waals surface area contributed by atoms with Crippen molar-refractivity contribution >= 4 is 21.8 Å². The number of hydrogen-bond acceptors (Lipinski definition) is 6. The summed E-state index contributed by atoms with van der Waals surface area (Å²) in [6, 6.07) is 13.4. The molecule has 1 aromatic heterocycles. The molecule has 134 valence electrons. The van der Waals surface area contributed by atoms with Gasteiger partial charge in [-0.1, -0.05) is 41.9 Å². The van der Waals surface area contributed by atoms with Crippen LogP contribution >= 0.6 is 0 Å². The van der Waals surface area contributed by atoms with E-state index in [1.54, 1.807) is 12.1 Å². The molecule has 0 atom stereocenters. The van der Waals surface area contributed by atoms with Gasteiger partial charge in [0.1, 0.15) is 0 Å². The van der Waals surface area contributed by atoms with E-state index in [0.717, 1.165) is 11.1 Å². The Morgan fingerprint density at radius 3 is 2.46 bits per heavy atom. The van der Waals surface area contributed by atoms with Crippen LogP contribution in [0.25, 0.3) is 11.5 Å². The second-order valence-electron chi connectivity index (χ2n) is 5.63. The molecule has 1 N–H and O–H groups in total. The number of nitrogens with zero attached hydrogens (tertiary/aromatic N) is 2. The van der Waals surface area contributed by atoms with E-state index < -0.39 is 15.7 Å². The van der Waals surface area contributed by atoms with Gasteiger partial charge in [-0.25, -0.2) is 8.42 Å². The summed E-state index contributed by atoms with van der Waals surface area (Å²) in [7, 11) is -3.54. The van der Waals surface area contributed by atoms with E-state index in [1.165, 1.54) is 19.1 Å². The smallest absolute Gasteiger partial charge is 0.322 e. The van der Waals surface area contributed by atoms with Gasteiger partial charge in [-0.05, 0) is 31.2 Å². The van der Waals surface area contributed by atoms with Gasteiger partial charge in [-0.2, -0.15) is 0 Å². The zero-order valence-corrected chi connectivity index (χ0v) is 15.1. The SMILES string of the molecule is CCS(=O)(=O)c1ccccc1C(=O)Nc1nnc(-c2ccc(C)cc2)o1. The lowest BCUT2D eigenvalue weighted by Crippen LogP contribution is -2.17. The maximum absolute atomic E-state index is 12.5. The highest BCUT2D eigenvalue weighted by Crippen LogP contribution is 2.22. The third kappa shape index (κ3) is 3.65. The van der Waals surface area contributed by atoms with Gasteiger partial charge in [0.15, 0.2) is 9.84 Å². The number of benzene rings is 2. The summed E-state index contributed by atoms with van der Waals surface area (Å²) in [5, 5.41) is 10.1. The number of amides is 1. The summed E-state index contributed by atoms with van der Waals surface area (Å²) in [4.78, 5) is 12.5. The highest BCUT2D eigenvalue weighted by molar-refractivity contribution is 7.91. The Morgan fingerprint density at radius 1 is 1.08 bits per heavy atom. The monoisotopic (exact) mass is 371 g/mol. The van der Waals surface area contributed by atoms with E-state index in [4.69, 9.17) is 4.42 Å². The number of hydrogen-bond donors (Lipinski definition) is 1. The summed E-state index contributed by atoms with van der Waals surface area (Å²) >= 11 is 0. The first-order valence-electron chi connectivity index (χ1n) is 7.94. The van der Waals surface area contributed by atoms with Crippen LogP contribution < -0.4 is 5.32 Å². The predicted molar refractivity (Wildman–Crippen MR) is 96.6 cm³/mol. The van der Waals surface area contributed by atoms with Crippen LogP contribution in [0.1, 0.15) is 22.8 Å². The van der Waals surface area contributed by atoms with Crippen molar-refractivity contribution in [2.75, 3.05) is 11.1 Å². The Kier molecular flexibility index (Phi) is 4.85. The summed E-state index contributed by atoms with van der Waals surface area (Å²) in [5.74, 6) is -0.471. The van der Waals surface area contributed by atoms with E-state index in [9.17, 15) is 13.2 Å². The number of anilines is 1. The molecule has 0 spiro atoms. The minimum atomic E-state index is -3.54. The minimum absolute atomic E-state index is 0.0294. The van der Waals surface area contributed by atoms with Crippen LogP contribution in [0.15, 0.2) is 57.8 Å². The second kappa shape index (κ2) is 7.09. The molecule has 8 heteroatoms. The first kappa shape index (κ1) is 17.8. The largest absolute Gasteiger partial charge is 0.403 e. The molecule has 0 bridgehead atoms. The molecule has 2 aromatic carbocycles. The number of carbonyl (C=O) groups excluding carboxylic acids is 1. The Bertz CT molecular complexity index is 1040. The zero-order valence-electron chi connectivity index (χ0n) is 14.3. The average Bonchev–Trinajstić information content (AvgIpc) is 3.10. The van der Waals surface area contributed by atoms with Crippen LogP contribution in [0.3, 0.4) is 0 Å². The van der Waals surface area contributed by atoms with E-state index in [0.29, 0.717) is 0 Å². The molecule has 7 nitrogen and oxygen atoms in total. The van der Waals surface area contributed by atoms with Gasteiger partial charge in [-0.3, -0.25) is 10.1 Å². The van der Waals surface area contributed by atoms with Crippen LogP contribution in [0.5, 0.6) is 0 Å². The molecule has 0 aliphatic rings. The first-order valence-corrected chi connectivity index (χ1v) is 9.59. The third-order valence-corrected chi connectivity index (χ3v) is 5.58. The number of carbonyl (C=O) groups is 1. The van der Waals surface area contributed by atoms with Gasteiger partial charge in [0.25, 0.3) is 5.91 Å². The van der Waals surface area contributed by atoms with Crippen molar-refractivity contribution in [2.45, 2.75) is 18.7 Å². The van der Waals surface area contributed by atoms with Gasteiger partial charge in [0.05, 0.1) is 16.2 Å². The fourth-order valence-corrected chi connectivity index (χ4v) is 3.42. The van der Waals surface area contributed by atoms with Crippen molar-refractivity contribution in [1.29, 1.82) is 0 Å². The average molecular weight is 371 g/mol. The maximum atomic E-state index is 12.5. The molecule has 1 heterocycles. The van der Waals surface area contributed by atoms with Crippen molar-refractivity contribution < 1.29 is 17.6 Å². The highest BCUT2D eigenvalue weighted by Gasteiger charge is 2.22. The predicted octanol–water partition coefficient (Wildman–Crippen LogP) is 3.09. The van der Waals surface area contributed by atoms with E-state index in [2.05, 4.69) is 15.5 Å². The van der Waals surface area contributed by atoms with Gasteiger partial charge in [0, 0.05) is 5.56 Å². The number of aryl methyl sites for hydroxylation is 1. The third-order valence-electron chi connectivity index (χ3n) is 3.79. The number of aromatic nitrogens is 2. The minimum Gasteiger partial charge on any atom is -0.403 e. The van der Waals surface area contributed by atoms with Gasteiger partial charge in [0.2, 0.25) is 5.89 Å². The molecule has 0 saturated carbocycles. The lowest BCUT2D eigenvalue weighted by molar-refractivity contribution is 0.102. The second-order valence-corrected chi connectivity index (χ2v) is 7.88. The molecule has 0 radical (unpaired) electrons. The van der Waals surface area contributed by atoms with E-state index in [-0.39, 0.29) is 28.1 Å². The summed E-state index contributed by atoms with van der Waals surface area (Å²) in [6.07, 6.45) is 0. The highest BCUT2D eigenvalue weighted by atomic mass is 32.2. The van der Waals surface area contributed by atoms with E-state index in [1.807, 2.05) is 31.2 Å². The molecular formula is C18H17N3O4S. The van der Waals surface area contributed by atoms with Crippen LogP contribution in [0, 0.1) is 6.92 Å². The van der Waals surface area contributed by atoms with Gasteiger partial charge < -0.3 is 4.42 Å². The Hall–Kier alpha value is -3.00. The Balaban J connectivity index is 1.85. The van der Waals surface area contributed by atoms with Crippen LogP contribution in [-0.4, -0.2) is 30.3 Å². The molecule has 3 aromatic rings. The number of nitrogens with one attached hydrogen (secondary N) is 1. The molecule has 3 rings (SSSR count). The lowest BCUT2D eigenvalue weighted by atomic mass is 10.1. The van der Waals surface area contributed by atoms with Gasteiger partial charge in [-0.15, -0.1) is 5.10 Å². The molecule has 0 saturated heterocycles. The molecule has 26 heavy (non-hydrogen) atoms. The first-order chi connectivity index (χ1) is 12.4. The van der Waals surface area contributed by atoms with Crippen molar-refractivity contribution in [2.24, 2.45) is 0 Å². The van der Waals surface area contributed by atoms with Crippen molar-refractivity contribution in [1.82, 2.24) is 10.2 Å². The molecule has 0 aliphatic carbocycles. The zero-order chi connectivity index (χ0) is 18.7. The normalized spacial score (nSPS) is 11.3. The van der Waals surface area contributed by atoms with Crippen molar-refractivity contribution in [3.8, 4) is 11.5 Å². The summed E-state index contributed by atoms with van der Waals surface area (Å²) in [5.41, 5.74) is 1.84. The molecule has 0 unspecified atom stereocenters. The quantitative estimate of drug-likeness (QED) is 0.739. The molecule has 0 fully saturated rings. The van der Waals surface area contributed by atoms with Crippen molar-refractivity contribution in [3.05, 3.63) is 59.7 Å². The summed E-state index contributed by atoms with van der Waals surface area (Å²) < 4.78 is 29.8. The number of rotatable bonds is 5. The van der Waals surface area contributed by atoms with Crippen molar-refractivity contribution in [3.63, 3.8) is 0 Å². The van der Waals surface area contributed by atoms with Gasteiger partial charge >= 0.3 is 6.01 Å². The Labute approximate surface area is 151 Å². The van der Waals surface area contributed by atoms with E-state index >= 15 is 0 Å². The van der Waals surface area contributed by atoms with Crippen LogP contribution in [0.2, 0.25) is 0 Å². The summed E-state index contributed by atoms with van der Waals surface area (Å²) in [6.45, 7) is 3.49. The standard InChI is InChI=1S/C18H17N3O4S/c1-3-26(23,24)15-7-5-4-6-14(15)16(22)19-18-21-20-17(25-18)13-10-8-12(2)9-11-13/h4-11H,3H2,1-2H3,(H,19,21,22). The maximum Gasteiger partial charge on any atom is 0.322 e. The topological polar surface area (TPSA) is 102 Å². The van der Waals surface area contributed by atoms with Crippen LogP contribution in [-0.2, 0) is 9.84 Å². The fraction of sp³-hybridized carbons (Fsp3) is 0.167. The molecular weight excluding hydrogens is 354 g/mol. The Morgan fingerprint density at radius 2 is 1.77 bits per heavy atom. The fourth-order valence-electron chi connectivity index (χ4n) is 2.33. The number of sulfone groups is 1. The molecule has 0 aliphatic heterocycles. The lowest BCUT2D eigenvalue weighted by Gasteiger charge is -2.07. The van der Waals surface area contributed by atoms with Crippen LogP contribution in [0.4, 0.5) is 6.01 Å².